The van der Waals surface area contributed by atoms with E-state index in [1.54, 1.807) is 0 Å². The monoisotopic (exact) mass is 1080 g/mol. The first-order chi connectivity index (χ1) is 34.9. The lowest BCUT2D eigenvalue weighted by Gasteiger charge is -2.39. The van der Waals surface area contributed by atoms with Crippen LogP contribution in [0.4, 0.5) is 5.82 Å². The number of aliphatic hydroxyl groups is 4. The van der Waals surface area contributed by atoms with Gasteiger partial charge in [-0.05, 0) is 31.7 Å². The highest BCUT2D eigenvalue weighted by Gasteiger charge is 2.45. The summed E-state index contributed by atoms with van der Waals surface area (Å²) in [5.41, 5.74) is 4.78. The van der Waals surface area contributed by atoms with Gasteiger partial charge in [-0.1, -0.05) is 154 Å². The number of carbonyl (C=O) groups is 3. The van der Waals surface area contributed by atoms with Crippen LogP contribution in [0.25, 0.3) is 0 Å². The zero-order valence-electron chi connectivity index (χ0n) is 43.2. The summed E-state index contributed by atoms with van der Waals surface area (Å²) in [5, 5.41) is 45.8. The number of unbranched alkanes of at least 4 members (excludes halogenated alkanes) is 16. The molecule has 0 amide bonds. The molecule has 1 aromatic heterocycles. The average molecular weight is 1080 g/mol. The minimum Gasteiger partial charge on any atom is -0.462 e. The van der Waals surface area contributed by atoms with Crippen molar-refractivity contribution >= 4 is 39.2 Å². The highest BCUT2D eigenvalue weighted by molar-refractivity contribution is 7.61. The van der Waals surface area contributed by atoms with Crippen LogP contribution in [0.2, 0.25) is 0 Å². The van der Waals surface area contributed by atoms with Crippen LogP contribution in [0.3, 0.4) is 0 Å². The van der Waals surface area contributed by atoms with Crippen molar-refractivity contribution in [3.8, 4) is 0 Å². The molecule has 3 rings (SSSR count). The van der Waals surface area contributed by atoms with Crippen LogP contribution < -0.4 is 11.4 Å². The minimum absolute atomic E-state index is 0.00781. The number of ether oxygens (including phenoxy) is 3. The molecular formula is C50H87N3O18P2. The van der Waals surface area contributed by atoms with Crippen molar-refractivity contribution in [3.05, 3.63) is 34.9 Å². The summed E-state index contributed by atoms with van der Waals surface area (Å²) in [7, 11) is -11.3. The molecule has 1 aromatic rings. The standard InChI is InChI=1S/C50H87N3O18P2/c1-3-5-7-8-9-10-11-12-13-14-15-16-17-18-24-28-46(58)69-38-34-66-45(57)27-23-20-19-22-26-40-42(56)33-41(55)39(30-29-37(54)25-21-6-4-2)47(59)48(60)43(36-68-73(64,65)71-72(62,63)67-35-38)70-49(40)53-32-31-44(51)52-50(53)61/h29-32,37-40,42-43,47-49,54,56,59-60H,3-28,33-36H2,1-2H3,(H,62,63)(H,64,65)(H2,51,52,61)/b30-29+/t37-,38+,39-,40-,42-,43+,47-,48+,49+/m0/s1. The Morgan fingerprint density at radius 3 is 2.00 bits per heavy atom. The van der Waals surface area contributed by atoms with Gasteiger partial charge in [0.25, 0.3) is 0 Å². The predicted octanol–water partition coefficient (Wildman–Crippen LogP) is 7.82. The molecule has 11 atom stereocenters. The zero-order chi connectivity index (χ0) is 53.7. The number of carbonyl (C=O) groups excluding carboxylic acids is 3. The lowest BCUT2D eigenvalue weighted by molar-refractivity contribution is -0.188. The second kappa shape index (κ2) is 35.4. The molecule has 2 bridgehead atoms. The summed E-state index contributed by atoms with van der Waals surface area (Å²) in [6.07, 6.45) is 12.6. The molecule has 0 aliphatic carbocycles. The SMILES string of the molecule is CCCCCCCCCCCCCCCCCC(=O)O[C@@H]1COC(=O)CCCCCC[C@@H]2[C@H](n3ccc(N)nc3=O)O[C@H](COP(=O)(O)OP(=O)(O)OC1)[C@@H](O)[C@@H](O)[C@@H](/C=C/[C@@H](O)CCCCC)C(=O)C[C@@H]2O. The Bertz CT molecular complexity index is 1940. The van der Waals surface area contributed by atoms with Gasteiger partial charge in [0, 0.05) is 31.4 Å². The molecule has 420 valence electrons. The summed E-state index contributed by atoms with van der Waals surface area (Å²) < 4.78 is 59.1. The molecule has 2 unspecified atom stereocenters. The first-order valence-corrected chi connectivity index (χ1v) is 29.8. The molecule has 3 heterocycles. The number of phosphoric acid groups is 2. The van der Waals surface area contributed by atoms with E-state index in [1.165, 1.54) is 88.6 Å². The average Bonchev–Trinajstić information content (AvgIpc) is 3.33. The van der Waals surface area contributed by atoms with Crippen molar-refractivity contribution in [2.24, 2.45) is 11.8 Å². The van der Waals surface area contributed by atoms with Gasteiger partial charge in [-0.25, -0.2) is 13.9 Å². The first-order valence-electron chi connectivity index (χ1n) is 26.8. The summed E-state index contributed by atoms with van der Waals surface area (Å²) in [4.78, 5) is 78.3. The Morgan fingerprint density at radius 1 is 0.808 bits per heavy atom. The normalized spacial score (nSPS) is 29.3. The van der Waals surface area contributed by atoms with Crippen LogP contribution in [-0.4, -0.2) is 114 Å². The number of aromatic nitrogens is 2. The van der Waals surface area contributed by atoms with Crippen molar-refractivity contribution < 1.29 is 81.3 Å². The van der Waals surface area contributed by atoms with Crippen molar-refractivity contribution in [2.75, 3.05) is 25.6 Å². The van der Waals surface area contributed by atoms with Gasteiger partial charge in [0.05, 0.1) is 37.4 Å². The van der Waals surface area contributed by atoms with E-state index >= 15 is 0 Å². The van der Waals surface area contributed by atoms with Crippen molar-refractivity contribution in [1.82, 2.24) is 9.55 Å². The number of Topliss-reactive ketones (excluding diaryl/α,β-unsaturated/α-hetero) is 1. The maximum absolute atomic E-state index is 14.0. The molecular weight excluding hydrogens is 993 g/mol. The van der Waals surface area contributed by atoms with Gasteiger partial charge in [0.15, 0.2) is 6.10 Å². The van der Waals surface area contributed by atoms with Crippen LogP contribution in [0.1, 0.15) is 193 Å². The third kappa shape index (κ3) is 26.1. The number of nitrogens with two attached hydrogens (primary N) is 1. The molecule has 73 heavy (non-hydrogen) atoms. The van der Waals surface area contributed by atoms with E-state index < -0.39 is 120 Å². The van der Waals surface area contributed by atoms with E-state index in [1.807, 2.05) is 6.92 Å². The summed E-state index contributed by atoms with van der Waals surface area (Å²) in [6, 6.07) is 1.24. The number of esters is 2. The zero-order valence-corrected chi connectivity index (χ0v) is 45.0. The molecule has 2 fully saturated rings. The number of rotatable bonds is 24. The second-order valence-electron chi connectivity index (χ2n) is 19.5. The number of aliphatic hydroxyl groups excluding tert-OH is 4. The molecule has 23 heteroatoms. The molecule has 2 aliphatic rings. The molecule has 0 aromatic carbocycles. The highest BCUT2D eigenvalue weighted by Crippen LogP contribution is 2.60. The van der Waals surface area contributed by atoms with E-state index in [0.717, 1.165) is 43.1 Å². The predicted molar refractivity (Wildman–Crippen MR) is 271 cm³/mol. The smallest absolute Gasteiger partial charge is 0.462 e. The lowest BCUT2D eigenvalue weighted by atomic mass is 9.83. The third-order valence-electron chi connectivity index (χ3n) is 13.2. The van der Waals surface area contributed by atoms with Gasteiger partial charge in [-0.15, -0.1) is 0 Å². The van der Waals surface area contributed by atoms with E-state index in [9.17, 15) is 58.5 Å². The fourth-order valence-electron chi connectivity index (χ4n) is 8.99. The van der Waals surface area contributed by atoms with Gasteiger partial charge >= 0.3 is 33.3 Å². The number of cyclic esters (lactones) is 1. The Morgan fingerprint density at radius 2 is 1.38 bits per heavy atom. The maximum Gasteiger partial charge on any atom is 0.481 e. The minimum atomic E-state index is -5.71. The number of hydrogen-bond donors (Lipinski definition) is 7. The second-order valence-corrected chi connectivity index (χ2v) is 22.6. The van der Waals surface area contributed by atoms with Gasteiger partial charge in [-0.2, -0.15) is 9.29 Å². The number of phosphoric ester groups is 2. The number of fused-ring (bicyclic) bond motifs is 3. The van der Waals surface area contributed by atoms with Crippen LogP contribution in [-0.2, 0) is 51.1 Å². The van der Waals surface area contributed by atoms with E-state index in [0.29, 0.717) is 44.9 Å². The van der Waals surface area contributed by atoms with Crippen molar-refractivity contribution in [3.63, 3.8) is 0 Å². The van der Waals surface area contributed by atoms with Crippen LogP contribution in [0, 0.1) is 11.8 Å². The Kier molecular flexibility index (Phi) is 31.2. The Balaban J connectivity index is 1.78. The molecule has 2 saturated heterocycles. The largest absolute Gasteiger partial charge is 0.481 e. The number of nitrogens with zero attached hydrogens (tertiary/aromatic N) is 2. The number of nitrogen functional groups attached to an aromatic ring is 1. The van der Waals surface area contributed by atoms with Crippen molar-refractivity contribution in [1.29, 1.82) is 0 Å². The van der Waals surface area contributed by atoms with Crippen LogP contribution in [0.5, 0.6) is 0 Å². The Hall–Kier alpha value is -2.91. The van der Waals surface area contributed by atoms with E-state index in [2.05, 4.69) is 16.2 Å². The summed E-state index contributed by atoms with van der Waals surface area (Å²) >= 11 is 0. The first kappa shape index (κ1) is 64.4. The van der Waals surface area contributed by atoms with Gasteiger partial charge in [0.2, 0.25) is 0 Å². The molecule has 0 radical (unpaired) electrons. The van der Waals surface area contributed by atoms with Crippen LogP contribution in [0.15, 0.2) is 29.2 Å². The number of anilines is 1. The molecule has 2 aliphatic heterocycles. The van der Waals surface area contributed by atoms with Gasteiger partial charge in [0.1, 0.15) is 36.6 Å². The van der Waals surface area contributed by atoms with E-state index in [-0.39, 0.29) is 25.1 Å². The topological polar surface area (TPSA) is 323 Å². The number of hydrogen-bond acceptors (Lipinski definition) is 18. The van der Waals surface area contributed by atoms with Crippen LogP contribution >= 0.6 is 15.6 Å². The quantitative estimate of drug-likeness (QED) is 0.0224. The van der Waals surface area contributed by atoms with E-state index in [4.69, 9.17) is 29.0 Å². The van der Waals surface area contributed by atoms with Crippen molar-refractivity contribution in [2.45, 2.75) is 230 Å². The lowest BCUT2D eigenvalue weighted by Crippen LogP contribution is -2.51. The fraction of sp³-hybridized carbons (Fsp3) is 0.820. The Labute approximate surface area is 431 Å². The molecule has 8 N–H and O–H groups in total. The highest BCUT2D eigenvalue weighted by atomic mass is 31.3. The maximum atomic E-state index is 14.0. The molecule has 21 nitrogen and oxygen atoms in total. The third-order valence-corrected chi connectivity index (χ3v) is 15.8. The van der Waals surface area contributed by atoms with Gasteiger partial charge < -0.3 is 50.2 Å². The summed E-state index contributed by atoms with van der Waals surface area (Å²) in [5.74, 6) is -5.03. The fourth-order valence-corrected chi connectivity index (χ4v) is 11.1. The van der Waals surface area contributed by atoms with Gasteiger partial charge in [-0.3, -0.25) is 28.0 Å². The molecule has 0 saturated carbocycles. The number of ketones is 1. The molecule has 0 spiro atoms. The summed E-state index contributed by atoms with van der Waals surface area (Å²) in [6.45, 7) is 1.50.